The van der Waals surface area contributed by atoms with Gasteiger partial charge in [-0.1, -0.05) is 0 Å². The minimum atomic E-state index is -1.86. The van der Waals surface area contributed by atoms with Crippen LogP contribution in [0.2, 0.25) is 18.1 Å². The average Bonchev–Trinajstić information content (AvgIpc) is 3.07. The van der Waals surface area contributed by atoms with E-state index in [2.05, 4.69) is 91.1 Å². The maximum atomic E-state index is 6.82. The summed E-state index contributed by atoms with van der Waals surface area (Å²) in [7, 11) is -1.57. The fourth-order valence-electron chi connectivity index (χ4n) is 3.27. The number of hydrogen-bond donors (Lipinski definition) is 0. The quantitative estimate of drug-likeness (QED) is 0.391. The smallest absolute Gasteiger partial charge is 0.147 e. The van der Waals surface area contributed by atoms with Crippen LogP contribution in [0, 0.1) is 6.92 Å². The third kappa shape index (κ3) is 6.44. The summed E-state index contributed by atoms with van der Waals surface area (Å²) in [6, 6.07) is 7.00. The van der Waals surface area contributed by atoms with Crippen molar-refractivity contribution in [2.24, 2.45) is 0 Å². The molecule has 0 heterocycles. The molecule has 0 unspecified atom stereocenters. The van der Waals surface area contributed by atoms with Gasteiger partial charge in [0.05, 0.1) is 0 Å². The van der Waals surface area contributed by atoms with E-state index < -0.39 is 25.9 Å². The zero-order chi connectivity index (χ0) is 19.5. The van der Waals surface area contributed by atoms with Gasteiger partial charge in [-0.15, -0.1) is 24.8 Å². The van der Waals surface area contributed by atoms with E-state index in [4.69, 9.17) is 3.32 Å². The van der Waals surface area contributed by atoms with Crippen molar-refractivity contribution >= 4 is 41.9 Å². The van der Waals surface area contributed by atoms with Gasteiger partial charge in [0, 0.05) is 0 Å². The van der Waals surface area contributed by atoms with Gasteiger partial charge in [0.1, 0.15) is 0 Å². The summed E-state index contributed by atoms with van der Waals surface area (Å²) in [5, 5.41) is 1.85. The van der Waals surface area contributed by atoms with Gasteiger partial charge in [-0.3, -0.25) is 0 Å². The summed E-state index contributed by atoms with van der Waals surface area (Å²) in [5.41, 5.74) is 1.33. The minimum absolute atomic E-state index is 0. The topological polar surface area (TPSA) is 9.23 Å². The van der Waals surface area contributed by atoms with Gasteiger partial charge < -0.3 is 0 Å². The van der Waals surface area contributed by atoms with E-state index in [-0.39, 0.29) is 24.8 Å². The van der Waals surface area contributed by atoms with Gasteiger partial charge in [0.2, 0.25) is 0 Å². The summed E-state index contributed by atoms with van der Waals surface area (Å²) >= 11 is -1.86. The van der Waals surface area contributed by atoms with E-state index in [0.717, 1.165) is 25.0 Å². The Morgan fingerprint density at radius 3 is 2.14 bits per heavy atom. The number of benzene rings is 1. The van der Waals surface area contributed by atoms with Gasteiger partial charge >= 0.3 is 169 Å². The van der Waals surface area contributed by atoms with Crippen LogP contribution in [0.15, 0.2) is 40.3 Å². The molecule has 0 fully saturated rings. The molecule has 158 valence electrons. The third-order valence-electron chi connectivity index (χ3n) is 6.11. The molecule has 1 aliphatic rings. The Bertz CT molecular complexity index is 752. The van der Waals surface area contributed by atoms with Crippen molar-refractivity contribution in [1.29, 1.82) is 0 Å². The molecular formula is C23H38Cl2OSiTi. The summed E-state index contributed by atoms with van der Waals surface area (Å²) in [4.78, 5) is 0. The molecule has 1 aromatic rings. The molecule has 28 heavy (non-hydrogen) atoms. The van der Waals surface area contributed by atoms with Crippen LogP contribution in [0.1, 0.15) is 59.4 Å². The average molecular weight is 477 g/mol. The van der Waals surface area contributed by atoms with Crippen molar-refractivity contribution in [3.8, 4) is 5.75 Å². The summed E-state index contributed by atoms with van der Waals surface area (Å²) in [6.45, 7) is 18.9. The Morgan fingerprint density at radius 2 is 1.68 bits per heavy atom. The third-order valence-corrected chi connectivity index (χ3v) is 15.9. The van der Waals surface area contributed by atoms with Crippen LogP contribution in [-0.2, 0) is 17.8 Å². The number of hydrogen-bond acceptors (Lipinski definition) is 1. The van der Waals surface area contributed by atoms with Crippen LogP contribution < -0.4 is 8.51 Å². The van der Waals surface area contributed by atoms with E-state index in [9.17, 15) is 0 Å². The molecular weight excluding hydrogens is 439 g/mol. The zero-order valence-electron chi connectivity index (χ0n) is 18.8. The van der Waals surface area contributed by atoms with Crippen LogP contribution in [0.25, 0.3) is 0 Å². The first-order chi connectivity index (χ1) is 12.1. The Hall–Kier alpha value is -0.119. The molecule has 0 bridgehead atoms. The van der Waals surface area contributed by atoms with Crippen LogP contribution in [-0.4, -0.2) is 11.9 Å². The maximum absolute atomic E-state index is 6.82. The first-order valence-electron chi connectivity index (χ1n) is 9.98. The Labute approximate surface area is 192 Å². The number of allylic oxidation sites excluding steroid dienone is 4. The molecule has 1 nitrogen and oxygen atoms in total. The Morgan fingerprint density at radius 1 is 1.07 bits per heavy atom. The molecule has 0 aromatic heterocycles. The van der Waals surface area contributed by atoms with Crippen LogP contribution in [0.5, 0.6) is 5.75 Å². The normalized spacial score (nSPS) is 13.4. The van der Waals surface area contributed by atoms with Gasteiger partial charge in [-0.2, -0.15) is 0 Å². The first-order valence-corrected chi connectivity index (χ1v) is 15.2. The van der Waals surface area contributed by atoms with Gasteiger partial charge in [0.15, 0.2) is 0 Å². The molecule has 2 rings (SSSR count). The molecule has 1 aliphatic carbocycles. The molecule has 0 aliphatic heterocycles. The second kappa shape index (κ2) is 11.3. The molecule has 0 radical (unpaired) electrons. The van der Waals surface area contributed by atoms with Crippen LogP contribution >= 0.6 is 24.8 Å². The standard InChI is InChI=1S/C13H22OSi.C5H5.C5H10.2ClH.Ti/c1-10-7-11(14)9-12(8-10)15(5,6)13(2,3)4;1-2-4-5-3-1;1-3-5-4-2;;;/h7-9,14H,1-6H3;1-3H,4H2;3-4H2,1-2H3;2*1H;/q;;;;;+1/p-1. The van der Waals surface area contributed by atoms with Crippen molar-refractivity contribution in [2.45, 2.75) is 78.9 Å². The Balaban J connectivity index is 0.00000364. The fourth-order valence-corrected chi connectivity index (χ4v) is 8.78. The van der Waals surface area contributed by atoms with Crippen molar-refractivity contribution < 1.29 is 21.1 Å². The molecule has 5 heteroatoms. The van der Waals surface area contributed by atoms with E-state index in [1.807, 2.05) is 0 Å². The maximum Gasteiger partial charge on any atom is -0.147 e. The molecule has 0 atom stereocenters. The predicted molar refractivity (Wildman–Crippen MR) is 131 cm³/mol. The van der Waals surface area contributed by atoms with E-state index in [1.165, 1.54) is 10.8 Å². The number of halogens is 2. The van der Waals surface area contributed by atoms with Crippen molar-refractivity contribution in [1.82, 2.24) is 0 Å². The van der Waals surface area contributed by atoms with Gasteiger partial charge in [-0.05, 0) is 0 Å². The number of aryl methyl sites for hydroxylation is 1. The van der Waals surface area contributed by atoms with E-state index in [0.29, 0.717) is 5.04 Å². The molecule has 0 amide bonds. The summed E-state index contributed by atoms with van der Waals surface area (Å²) in [6.07, 6.45) is 10.1. The van der Waals surface area contributed by atoms with Crippen LogP contribution in [0.3, 0.4) is 0 Å². The molecule has 1 aromatic carbocycles. The predicted octanol–water partition coefficient (Wildman–Crippen LogP) is 7.30. The summed E-state index contributed by atoms with van der Waals surface area (Å²) in [5.74, 6) is 1.10. The van der Waals surface area contributed by atoms with Crippen molar-refractivity contribution in [3.05, 3.63) is 45.9 Å². The zero-order valence-corrected chi connectivity index (χ0v) is 23.0. The minimum Gasteiger partial charge on any atom is -0.147 e. The molecule has 0 N–H and O–H groups in total. The number of rotatable bonds is 6. The molecule has 0 spiro atoms. The van der Waals surface area contributed by atoms with Crippen LogP contribution in [0.4, 0.5) is 0 Å². The van der Waals surface area contributed by atoms with Gasteiger partial charge in [0.25, 0.3) is 0 Å². The second-order valence-corrected chi connectivity index (χ2v) is 17.8. The van der Waals surface area contributed by atoms with Crippen molar-refractivity contribution in [2.75, 3.05) is 0 Å². The van der Waals surface area contributed by atoms with E-state index in [1.54, 1.807) is 7.69 Å². The van der Waals surface area contributed by atoms with E-state index >= 15 is 0 Å². The summed E-state index contributed by atoms with van der Waals surface area (Å²) < 4.78 is 10.0. The van der Waals surface area contributed by atoms with Crippen molar-refractivity contribution in [3.63, 3.8) is 0 Å². The first kappa shape index (κ1) is 27.9. The largest absolute Gasteiger partial charge is 0.147 e. The SMILES string of the molecule is CC[C](CC)=[Ti]([O]c1cc(C)cc([Si](C)(C)C(C)(C)C)c1)[C]1=CC=CC1.Cl.Cl. The van der Waals surface area contributed by atoms with Gasteiger partial charge in [-0.25, -0.2) is 0 Å². The Kier molecular flexibility index (Phi) is 11.3. The fraction of sp³-hybridized carbons (Fsp3) is 0.522. The molecule has 0 saturated carbocycles. The molecule has 0 saturated heterocycles. The monoisotopic (exact) mass is 476 g/mol. The second-order valence-electron chi connectivity index (χ2n) is 8.98.